The van der Waals surface area contributed by atoms with Crippen molar-refractivity contribution in [1.82, 2.24) is 30.2 Å². The van der Waals surface area contributed by atoms with E-state index in [2.05, 4.69) is 25.4 Å². The van der Waals surface area contributed by atoms with Crippen LogP contribution in [0.3, 0.4) is 0 Å². The third kappa shape index (κ3) is 3.18. The first-order valence-corrected chi connectivity index (χ1v) is 8.20. The van der Waals surface area contributed by atoms with Crippen LogP contribution in [0.4, 0.5) is 0 Å². The maximum Gasteiger partial charge on any atom is 0.277 e. The lowest BCUT2D eigenvalue weighted by Gasteiger charge is -1.97. The van der Waals surface area contributed by atoms with Gasteiger partial charge in [-0.3, -0.25) is 4.98 Å². The van der Waals surface area contributed by atoms with Gasteiger partial charge in [-0.1, -0.05) is 30.0 Å². The lowest BCUT2D eigenvalue weighted by Crippen LogP contribution is -1.98. The molecule has 4 aromatic rings. The molecule has 0 fully saturated rings. The zero-order chi connectivity index (χ0) is 16.2. The van der Waals surface area contributed by atoms with E-state index in [9.17, 15) is 0 Å². The summed E-state index contributed by atoms with van der Waals surface area (Å²) in [5.74, 6) is 1.06. The van der Waals surface area contributed by atoms with Gasteiger partial charge in [0.1, 0.15) is 0 Å². The van der Waals surface area contributed by atoms with E-state index in [-0.39, 0.29) is 0 Å². The molecule has 0 bridgehead atoms. The van der Waals surface area contributed by atoms with Crippen LogP contribution in [-0.4, -0.2) is 30.2 Å². The average Bonchev–Trinajstić information content (AvgIpc) is 3.31. The van der Waals surface area contributed by atoms with Crippen molar-refractivity contribution in [2.45, 2.75) is 11.0 Å². The standard InChI is InChI=1S/C16H12N6OS/c1-2-6-14(7-3-1)22-18-10-13(21-22)11-24-16-20-19-15(23-16)12-5-4-8-17-9-12/h1-10H,11H2. The highest BCUT2D eigenvalue weighted by atomic mass is 32.2. The quantitative estimate of drug-likeness (QED) is 0.518. The largest absolute Gasteiger partial charge is 0.411 e. The number of para-hydroxylation sites is 1. The summed E-state index contributed by atoms with van der Waals surface area (Å²) in [5.41, 5.74) is 2.56. The number of thioether (sulfide) groups is 1. The molecule has 0 radical (unpaired) electrons. The van der Waals surface area contributed by atoms with Gasteiger partial charge in [0.2, 0.25) is 5.89 Å². The Kier molecular flexibility index (Phi) is 4.03. The molecule has 0 aliphatic rings. The molecule has 0 amide bonds. The van der Waals surface area contributed by atoms with E-state index < -0.39 is 0 Å². The minimum atomic E-state index is 0.457. The van der Waals surface area contributed by atoms with Gasteiger partial charge in [-0.25, -0.2) is 0 Å². The summed E-state index contributed by atoms with van der Waals surface area (Å²) in [7, 11) is 0. The van der Waals surface area contributed by atoms with Crippen molar-refractivity contribution in [3.63, 3.8) is 0 Å². The van der Waals surface area contributed by atoms with E-state index in [1.54, 1.807) is 23.4 Å². The maximum absolute atomic E-state index is 5.63. The van der Waals surface area contributed by atoms with Crippen LogP contribution in [0.2, 0.25) is 0 Å². The number of aromatic nitrogens is 6. The first kappa shape index (κ1) is 14.6. The summed E-state index contributed by atoms with van der Waals surface area (Å²) >= 11 is 1.42. The number of hydrogen-bond donors (Lipinski definition) is 0. The molecule has 0 N–H and O–H groups in total. The molecule has 1 aromatic carbocycles. The third-order valence-electron chi connectivity index (χ3n) is 3.18. The van der Waals surface area contributed by atoms with Crippen molar-refractivity contribution in [3.8, 4) is 17.1 Å². The van der Waals surface area contributed by atoms with E-state index in [0.29, 0.717) is 16.9 Å². The second-order valence-electron chi connectivity index (χ2n) is 4.86. The van der Waals surface area contributed by atoms with Gasteiger partial charge in [-0.15, -0.1) is 10.2 Å². The summed E-state index contributed by atoms with van der Waals surface area (Å²) in [6.45, 7) is 0. The molecule has 0 saturated heterocycles. The zero-order valence-corrected chi connectivity index (χ0v) is 13.3. The molecule has 3 heterocycles. The van der Waals surface area contributed by atoms with Gasteiger partial charge >= 0.3 is 0 Å². The van der Waals surface area contributed by atoms with Crippen LogP contribution in [0.1, 0.15) is 5.69 Å². The normalized spacial score (nSPS) is 10.8. The Hall–Kier alpha value is -3.00. The molecule has 4 rings (SSSR count). The lowest BCUT2D eigenvalue weighted by molar-refractivity contribution is 0.465. The zero-order valence-electron chi connectivity index (χ0n) is 12.5. The summed E-state index contributed by atoms with van der Waals surface area (Å²) < 4.78 is 5.63. The van der Waals surface area contributed by atoms with Gasteiger partial charge in [0.25, 0.3) is 5.22 Å². The van der Waals surface area contributed by atoms with Crippen LogP contribution in [0.5, 0.6) is 0 Å². The Bertz CT molecular complexity index is 844. The molecule has 0 atom stereocenters. The molecule has 8 heteroatoms. The van der Waals surface area contributed by atoms with Crippen molar-refractivity contribution >= 4 is 11.8 Å². The molecular formula is C16H12N6OS. The highest BCUT2D eigenvalue weighted by Crippen LogP contribution is 2.24. The van der Waals surface area contributed by atoms with Crippen molar-refractivity contribution in [2.75, 3.05) is 0 Å². The van der Waals surface area contributed by atoms with Gasteiger partial charge in [0, 0.05) is 18.1 Å². The minimum absolute atomic E-state index is 0.457. The van der Waals surface area contributed by atoms with Gasteiger partial charge in [-0.2, -0.15) is 15.0 Å². The molecule has 3 aromatic heterocycles. The highest BCUT2D eigenvalue weighted by molar-refractivity contribution is 7.98. The van der Waals surface area contributed by atoms with Crippen LogP contribution >= 0.6 is 11.8 Å². The Balaban J connectivity index is 1.43. The Morgan fingerprint density at radius 2 is 1.92 bits per heavy atom. The van der Waals surface area contributed by atoms with E-state index in [1.165, 1.54) is 11.8 Å². The summed E-state index contributed by atoms with van der Waals surface area (Å²) in [4.78, 5) is 5.64. The van der Waals surface area contributed by atoms with Gasteiger partial charge in [0.05, 0.1) is 23.1 Å². The average molecular weight is 336 g/mol. The number of benzene rings is 1. The van der Waals surface area contributed by atoms with Crippen molar-refractivity contribution in [1.29, 1.82) is 0 Å². The molecule has 7 nitrogen and oxygen atoms in total. The molecule has 0 unspecified atom stereocenters. The Morgan fingerprint density at radius 1 is 1.00 bits per heavy atom. The van der Waals surface area contributed by atoms with E-state index >= 15 is 0 Å². The molecular weight excluding hydrogens is 324 g/mol. The predicted molar refractivity (Wildman–Crippen MR) is 88.4 cm³/mol. The fourth-order valence-electron chi connectivity index (χ4n) is 2.06. The molecule has 0 spiro atoms. The van der Waals surface area contributed by atoms with Crippen molar-refractivity contribution in [2.24, 2.45) is 0 Å². The molecule has 0 aliphatic heterocycles. The van der Waals surface area contributed by atoms with Crippen LogP contribution < -0.4 is 0 Å². The lowest BCUT2D eigenvalue weighted by atomic mass is 10.3. The minimum Gasteiger partial charge on any atom is -0.411 e. The van der Waals surface area contributed by atoms with Crippen molar-refractivity contribution in [3.05, 3.63) is 66.7 Å². The fourth-order valence-corrected chi connectivity index (χ4v) is 2.70. The summed E-state index contributed by atoms with van der Waals surface area (Å²) in [6, 6.07) is 13.5. The van der Waals surface area contributed by atoms with Crippen LogP contribution in [0, 0.1) is 0 Å². The second kappa shape index (κ2) is 6.63. The molecule has 0 aliphatic carbocycles. The highest BCUT2D eigenvalue weighted by Gasteiger charge is 2.10. The van der Waals surface area contributed by atoms with Gasteiger partial charge < -0.3 is 4.42 Å². The number of nitrogens with zero attached hydrogens (tertiary/aromatic N) is 6. The van der Waals surface area contributed by atoms with Gasteiger partial charge in [0.15, 0.2) is 0 Å². The maximum atomic E-state index is 5.63. The van der Waals surface area contributed by atoms with E-state index in [1.807, 2.05) is 42.5 Å². The predicted octanol–water partition coefficient (Wildman–Crippen LogP) is 3.00. The smallest absolute Gasteiger partial charge is 0.277 e. The fraction of sp³-hybridized carbons (Fsp3) is 0.0625. The molecule has 118 valence electrons. The Labute approximate surface area is 141 Å². The number of hydrogen-bond acceptors (Lipinski definition) is 7. The van der Waals surface area contributed by atoms with Crippen LogP contribution in [0.15, 0.2) is 70.7 Å². The van der Waals surface area contributed by atoms with Crippen LogP contribution in [0.25, 0.3) is 17.1 Å². The monoisotopic (exact) mass is 336 g/mol. The van der Waals surface area contributed by atoms with E-state index in [4.69, 9.17) is 4.42 Å². The first-order chi connectivity index (χ1) is 11.9. The SMILES string of the molecule is c1ccc(-n2ncc(CSc3nnc(-c4cccnc4)o3)n2)cc1. The summed E-state index contributed by atoms with van der Waals surface area (Å²) in [5, 5.41) is 17.3. The molecule has 0 saturated carbocycles. The number of rotatable bonds is 5. The first-order valence-electron chi connectivity index (χ1n) is 7.22. The summed E-state index contributed by atoms with van der Waals surface area (Å²) in [6.07, 6.45) is 5.12. The van der Waals surface area contributed by atoms with Gasteiger partial charge in [-0.05, 0) is 24.3 Å². The Morgan fingerprint density at radius 3 is 2.75 bits per heavy atom. The molecule has 24 heavy (non-hydrogen) atoms. The van der Waals surface area contributed by atoms with Crippen molar-refractivity contribution < 1.29 is 4.42 Å². The van der Waals surface area contributed by atoms with E-state index in [0.717, 1.165) is 16.9 Å². The van der Waals surface area contributed by atoms with Crippen LogP contribution in [-0.2, 0) is 5.75 Å². The second-order valence-corrected chi connectivity index (χ2v) is 5.79. The topological polar surface area (TPSA) is 82.5 Å². The number of pyridine rings is 1. The third-order valence-corrected chi connectivity index (χ3v) is 4.04.